The first-order valence-electron chi connectivity index (χ1n) is 6.45. The third kappa shape index (κ3) is 2.98. The van der Waals surface area contributed by atoms with E-state index >= 15 is 0 Å². The SMILES string of the molecule is CCC1CCN(S(=O)(=O)c2cc(C(N)=S)ccc2Cl)C1. The van der Waals surface area contributed by atoms with E-state index < -0.39 is 10.0 Å². The molecule has 4 nitrogen and oxygen atoms in total. The zero-order valence-corrected chi connectivity index (χ0v) is 13.6. The van der Waals surface area contributed by atoms with Crippen molar-refractivity contribution < 1.29 is 8.42 Å². The highest BCUT2D eigenvalue weighted by molar-refractivity contribution is 7.89. The predicted molar refractivity (Wildman–Crippen MR) is 84.5 cm³/mol. The monoisotopic (exact) mass is 332 g/mol. The Kier molecular flexibility index (Phi) is 4.69. The average molecular weight is 333 g/mol. The molecule has 1 aliphatic rings. The third-order valence-electron chi connectivity index (χ3n) is 3.66. The highest BCUT2D eigenvalue weighted by atomic mass is 35.5. The lowest BCUT2D eigenvalue weighted by molar-refractivity contribution is 0.453. The van der Waals surface area contributed by atoms with E-state index in [0.717, 1.165) is 12.8 Å². The summed E-state index contributed by atoms with van der Waals surface area (Å²) < 4.78 is 26.8. The van der Waals surface area contributed by atoms with Gasteiger partial charge >= 0.3 is 0 Å². The first-order chi connectivity index (χ1) is 9.36. The van der Waals surface area contributed by atoms with Crippen molar-refractivity contribution in [1.29, 1.82) is 0 Å². The molecule has 0 bridgehead atoms. The number of sulfonamides is 1. The van der Waals surface area contributed by atoms with Gasteiger partial charge in [-0.05, 0) is 24.5 Å². The molecule has 0 spiro atoms. The third-order valence-corrected chi connectivity index (χ3v) is 6.24. The minimum atomic E-state index is -3.58. The van der Waals surface area contributed by atoms with Crippen molar-refractivity contribution >= 4 is 38.8 Å². The molecule has 110 valence electrons. The highest BCUT2D eigenvalue weighted by Crippen LogP contribution is 2.30. The molecule has 0 saturated carbocycles. The fourth-order valence-corrected chi connectivity index (χ4v) is 4.50. The molecule has 1 unspecified atom stereocenters. The lowest BCUT2D eigenvalue weighted by Crippen LogP contribution is -2.29. The van der Waals surface area contributed by atoms with E-state index in [-0.39, 0.29) is 14.9 Å². The Labute approximate surface area is 130 Å². The molecule has 20 heavy (non-hydrogen) atoms. The summed E-state index contributed by atoms with van der Waals surface area (Å²) in [5.41, 5.74) is 6.06. The van der Waals surface area contributed by atoms with E-state index in [9.17, 15) is 8.42 Å². The van der Waals surface area contributed by atoms with Crippen molar-refractivity contribution in [3.05, 3.63) is 28.8 Å². The molecule has 1 fully saturated rings. The largest absolute Gasteiger partial charge is 0.389 e. The van der Waals surface area contributed by atoms with Crippen LogP contribution in [0.3, 0.4) is 0 Å². The fraction of sp³-hybridized carbons (Fsp3) is 0.462. The van der Waals surface area contributed by atoms with Crippen LogP contribution in [0.2, 0.25) is 5.02 Å². The summed E-state index contributed by atoms with van der Waals surface area (Å²) in [6, 6.07) is 4.61. The van der Waals surface area contributed by atoms with Crippen LogP contribution in [0.15, 0.2) is 23.1 Å². The average Bonchev–Trinajstić information content (AvgIpc) is 2.88. The van der Waals surface area contributed by atoms with Crippen LogP contribution in [-0.2, 0) is 10.0 Å². The van der Waals surface area contributed by atoms with Gasteiger partial charge in [0.25, 0.3) is 0 Å². The number of nitrogens with zero attached hydrogens (tertiary/aromatic N) is 1. The van der Waals surface area contributed by atoms with Gasteiger partial charge in [0, 0.05) is 18.7 Å². The molecule has 0 aliphatic carbocycles. The van der Waals surface area contributed by atoms with Crippen LogP contribution < -0.4 is 5.73 Å². The van der Waals surface area contributed by atoms with Crippen LogP contribution in [0, 0.1) is 5.92 Å². The zero-order valence-electron chi connectivity index (χ0n) is 11.2. The number of hydrogen-bond acceptors (Lipinski definition) is 3. The van der Waals surface area contributed by atoms with Gasteiger partial charge in [0.05, 0.1) is 5.02 Å². The Morgan fingerprint density at radius 3 is 2.80 bits per heavy atom. The minimum Gasteiger partial charge on any atom is -0.389 e. The first kappa shape index (κ1) is 15.7. The van der Waals surface area contributed by atoms with E-state index in [1.54, 1.807) is 6.07 Å². The van der Waals surface area contributed by atoms with Gasteiger partial charge in [-0.1, -0.05) is 43.2 Å². The minimum absolute atomic E-state index is 0.0845. The summed E-state index contributed by atoms with van der Waals surface area (Å²) in [4.78, 5) is 0.243. The second-order valence-corrected chi connectivity index (χ2v) is 7.69. The molecular weight excluding hydrogens is 316 g/mol. The van der Waals surface area contributed by atoms with Crippen LogP contribution in [0.25, 0.3) is 0 Å². The molecule has 0 radical (unpaired) electrons. The number of hydrogen-bond donors (Lipinski definition) is 1. The van der Waals surface area contributed by atoms with Gasteiger partial charge in [0.2, 0.25) is 10.0 Å². The van der Waals surface area contributed by atoms with Crippen molar-refractivity contribution in [2.24, 2.45) is 11.7 Å². The predicted octanol–water partition coefficient (Wildman–Crippen LogP) is 2.39. The maximum atomic E-state index is 12.6. The number of halogens is 1. The van der Waals surface area contributed by atoms with E-state index in [4.69, 9.17) is 29.6 Å². The second kappa shape index (κ2) is 5.97. The van der Waals surface area contributed by atoms with E-state index in [1.807, 2.05) is 0 Å². The van der Waals surface area contributed by atoms with Gasteiger partial charge in [0.15, 0.2) is 0 Å². The van der Waals surface area contributed by atoms with Gasteiger partial charge in [0.1, 0.15) is 9.88 Å². The normalized spacial score (nSPS) is 20.2. The summed E-state index contributed by atoms with van der Waals surface area (Å²) in [7, 11) is -3.58. The van der Waals surface area contributed by atoms with E-state index in [2.05, 4.69) is 6.92 Å². The van der Waals surface area contributed by atoms with Crippen molar-refractivity contribution in [3.63, 3.8) is 0 Å². The Bertz CT molecular complexity index is 631. The Hall–Kier alpha value is -0.690. The summed E-state index contributed by atoms with van der Waals surface area (Å²) in [6.07, 6.45) is 1.87. The summed E-state index contributed by atoms with van der Waals surface area (Å²) in [5, 5.41) is 0.199. The topological polar surface area (TPSA) is 63.4 Å². The number of benzene rings is 1. The van der Waals surface area contributed by atoms with Gasteiger partial charge in [-0.2, -0.15) is 4.31 Å². The highest BCUT2D eigenvalue weighted by Gasteiger charge is 2.33. The van der Waals surface area contributed by atoms with Crippen molar-refractivity contribution in [2.75, 3.05) is 13.1 Å². The van der Waals surface area contributed by atoms with E-state index in [1.165, 1.54) is 16.4 Å². The standard InChI is InChI=1S/C13H17ClN2O2S2/c1-2-9-5-6-16(8-9)20(17,18)12-7-10(13(15)19)3-4-11(12)14/h3-4,7,9H,2,5-6,8H2,1H3,(H2,15,19). The van der Waals surface area contributed by atoms with Crippen LogP contribution in [0.5, 0.6) is 0 Å². The molecule has 1 aromatic rings. The zero-order chi connectivity index (χ0) is 14.9. The molecule has 1 heterocycles. The Morgan fingerprint density at radius 2 is 2.25 bits per heavy atom. The number of rotatable bonds is 4. The van der Waals surface area contributed by atoms with Crippen molar-refractivity contribution in [3.8, 4) is 0 Å². The molecule has 0 amide bonds. The summed E-state index contributed by atoms with van der Waals surface area (Å²) in [5.74, 6) is 0.419. The van der Waals surface area contributed by atoms with E-state index in [0.29, 0.717) is 24.6 Å². The van der Waals surface area contributed by atoms with Crippen LogP contribution in [0.4, 0.5) is 0 Å². The quantitative estimate of drug-likeness (QED) is 0.860. The molecule has 0 aromatic heterocycles. The number of nitrogens with two attached hydrogens (primary N) is 1. The molecule has 1 atom stereocenters. The Balaban J connectivity index is 2.39. The van der Waals surface area contributed by atoms with Crippen LogP contribution >= 0.6 is 23.8 Å². The smallest absolute Gasteiger partial charge is 0.244 e. The lowest BCUT2D eigenvalue weighted by atomic mass is 10.1. The van der Waals surface area contributed by atoms with Gasteiger partial charge in [-0.3, -0.25) is 0 Å². The molecule has 1 aliphatic heterocycles. The number of thiocarbonyl (C=S) groups is 1. The van der Waals surface area contributed by atoms with Crippen LogP contribution in [0.1, 0.15) is 25.3 Å². The van der Waals surface area contributed by atoms with Gasteiger partial charge in [-0.15, -0.1) is 0 Å². The van der Waals surface area contributed by atoms with Gasteiger partial charge in [-0.25, -0.2) is 8.42 Å². The van der Waals surface area contributed by atoms with Gasteiger partial charge < -0.3 is 5.73 Å². The molecule has 7 heteroatoms. The molecule has 2 rings (SSSR count). The molecule has 2 N–H and O–H groups in total. The maximum absolute atomic E-state index is 12.6. The fourth-order valence-electron chi connectivity index (χ4n) is 2.34. The molecular formula is C13H17ClN2O2S2. The first-order valence-corrected chi connectivity index (χ1v) is 8.68. The second-order valence-electron chi connectivity index (χ2n) is 4.94. The van der Waals surface area contributed by atoms with Crippen molar-refractivity contribution in [1.82, 2.24) is 4.31 Å². The Morgan fingerprint density at radius 1 is 1.55 bits per heavy atom. The molecule has 1 aromatic carbocycles. The molecule has 1 saturated heterocycles. The van der Waals surface area contributed by atoms with Crippen LogP contribution in [-0.4, -0.2) is 30.8 Å². The van der Waals surface area contributed by atoms with Crippen molar-refractivity contribution in [2.45, 2.75) is 24.7 Å². The lowest BCUT2D eigenvalue weighted by Gasteiger charge is -2.18. The summed E-state index contributed by atoms with van der Waals surface area (Å²) in [6.45, 7) is 3.15. The summed E-state index contributed by atoms with van der Waals surface area (Å²) >= 11 is 10.9. The maximum Gasteiger partial charge on any atom is 0.244 e.